The van der Waals surface area contributed by atoms with Crippen molar-refractivity contribution in [1.29, 1.82) is 0 Å². The number of para-hydroxylation sites is 1. The molecule has 2 unspecified atom stereocenters. The first-order valence-electron chi connectivity index (χ1n) is 6.48. The molecule has 1 amide bonds. The maximum Gasteiger partial charge on any atom is 0.308 e. The lowest BCUT2D eigenvalue weighted by Crippen LogP contribution is -2.42. The number of carboxylic acids is 1. The van der Waals surface area contributed by atoms with E-state index in [-0.39, 0.29) is 18.5 Å². The van der Waals surface area contributed by atoms with Gasteiger partial charge in [0.25, 0.3) is 0 Å². The molecule has 1 saturated carbocycles. The third kappa shape index (κ3) is 3.71. The molecule has 0 saturated heterocycles. The molecule has 1 aliphatic carbocycles. The number of anilines is 1. The minimum atomic E-state index is -0.821. The van der Waals surface area contributed by atoms with E-state index in [0.29, 0.717) is 6.42 Å². The van der Waals surface area contributed by atoms with Crippen LogP contribution in [-0.4, -0.2) is 29.6 Å². The van der Waals surface area contributed by atoms with Crippen LogP contribution in [0, 0.1) is 5.92 Å². The lowest BCUT2D eigenvalue weighted by molar-refractivity contribution is -0.142. The standard InChI is InChI=1S/C14H18N2O3/c17-13(9-15-10-5-2-1-3-6-10)16-12-8-4-7-11(12)14(18)19/h1-3,5-6,11-12,15H,4,7-9H2,(H,16,17)(H,18,19). The number of amides is 1. The molecule has 102 valence electrons. The Hall–Kier alpha value is -2.04. The highest BCUT2D eigenvalue weighted by Gasteiger charge is 2.33. The van der Waals surface area contributed by atoms with Gasteiger partial charge in [-0.15, -0.1) is 0 Å². The minimum Gasteiger partial charge on any atom is -0.481 e. The van der Waals surface area contributed by atoms with E-state index in [0.717, 1.165) is 18.5 Å². The predicted molar refractivity (Wildman–Crippen MR) is 71.8 cm³/mol. The highest BCUT2D eigenvalue weighted by molar-refractivity contribution is 5.82. The fraction of sp³-hybridized carbons (Fsp3) is 0.429. The summed E-state index contributed by atoms with van der Waals surface area (Å²) in [4.78, 5) is 22.8. The number of carbonyl (C=O) groups is 2. The largest absolute Gasteiger partial charge is 0.481 e. The van der Waals surface area contributed by atoms with E-state index < -0.39 is 11.9 Å². The molecule has 1 aliphatic rings. The molecule has 0 spiro atoms. The Morgan fingerprint density at radius 1 is 1.21 bits per heavy atom. The van der Waals surface area contributed by atoms with Gasteiger partial charge in [-0.05, 0) is 25.0 Å². The summed E-state index contributed by atoms with van der Waals surface area (Å²) < 4.78 is 0. The molecule has 0 aromatic heterocycles. The van der Waals surface area contributed by atoms with E-state index in [4.69, 9.17) is 5.11 Å². The molecule has 5 nitrogen and oxygen atoms in total. The normalized spacial score (nSPS) is 21.9. The van der Waals surface area contributed by atoms with Crippen LogP contribution in [0.5, 0.6) is 0 Å². The van der Waals surface area contributed by atoms with E-state index in [9.17, 15) is 9.59 Å². The summed E-state index contributed by atoms with van der Waals surface area (Å²) in [6.07, 6.45) is 2.24. The topological polar surface area (TPSA) is 78.4 Å². The summed E-state index contributed by atoms with van der Waals surface area (Å²) in [6, 6.07) is 9.20. The van der Waals surface area contributed by atoms with Crippen molar-refractivity contribution in [2.45, 2.75) is 25.3 Å². The lowest BCUT2D eigenvalue weighted by atomic mass is 10.0. The van der Waals surface area contributed by atoms with Gasteiger partial charge in [0.15, 0.2) is 0 Å². The minimum absolute atomic E-state index is 0.160. The predicted octanol–water partition coefficient (Wildman–Crippen LogP) is 1.47. The van der Waals surface area contributed by atoms with Crippen molar-refractivity contribution in [2.24, 2.45) is 5.92 Å². The molecule has 0 aliphatic heterocycles. The van der Waals surface area contributed by atoms with Crippen LogP contribution < -0.4 is 10.6 Å². The van der Waals surface area contributed by atoms with Crippen LogP contribution >= 0.6 is 0 Å². The van der Waals surface area contributed by atoms with E-state index in [2.05, 4.69) is 10.6 Å². The van der Waals surface area contributed by atoms with E-state index in [1.807, 2.05) is 30.3 Å². The zero-order valence-corrected chi connectivity index (χ0v) is 10.6. The molecule has 0 heterocycles. The third-order valence-electron chi connectivity index (χ3n) is 3.41. The van der Waals surface area contributed by atoms with Crippen LogP contribution in [0.25, 0.3) is 0 Å². The van der Waals surface area contributed by atoms with Crippen molar-refractivity contribution >= 4 is 17.6 Å². The molecule has 1 fully saturated rings. The zero-order chi connectivity index (χ0) is 13.7. The highest BCUT2D eigenvalue weighted by atomic mass is 16.4. The summed E-state index contributed by atoms with van der Waals surface area (Å²) in [6.45, 7) is 0.160. The van der Waals surface area contributed by atoms with Crippen LogP contribution in [-0.2, 0) is 9.59 Å². The maximum absolute atomic E-state index is 11.8. The van der Waals surface area contributed by atoms with Gasteiger partial charge in [0, 0.05) is 11.7 Å². The monoisotopic (exact) mass is 262 g/mol. The summed E-state index contributed by atoms with van der Waals surface area (Å²) in [7, 11) is 0. The van der Waals surface area contributed by atoms with Crippen LogP contribution in [0.2, 0.25) is 0 Å². The van der Waals surface area contributed by atoms with Gasteiger partial charge < -0.3 is 15.7 Å². The summed E-state index contributed by atoms with van der Waals surface area (Å²) in [5.41, 5.74) is 0.874. The molecule has 1 aromatic carbocycles. The van der Waals surface area contributed by atoms with E-state index in [1.165, 1.54) is 0 Å². The Labute approximate surface area is 112 Å². The average Bonchev–Trinajstić information content (AvgIpc) is 2.86. The number of hydrogen-bond acceptors (Lipinski definition) is 3. The molecular formula is C14H18N2O3. The molecular weight excluding hydrogens is 244 g/mol. The molecule has 5 heteroatoms. The van der Waals surface area contributed by atoms with Gasteiger partial charge in [-0.2, -0.15) is 0 Å². The number of nitrogens with one attached hydrogen (secondary N) is 2. The number of carbonyl (C=O) groups excluding carboxylic acids is 1. The third-order valence-corrected chi connectivity index (χ3v) is 3.41. The van der Waals surface area contributed by atoms with Crippen molar-refractivity contribution in [3.8, 4) is 0 Å². The first-order chi connectivity index (χ1) is 9.16. The van der Waals surface area contributed by atoms with E-state index in [1.54, 1.807) is 0 Å². The van der Waals surface area contributed by atoms with Crippen molar-refractivity contribution < 1.29 is 14.7 Å². The molecule has 0 bridgehead atoms. The molecule has 0 radical (unpaired) electrons. The van der Waals surface area contributed by atoms with Crippen molar-refractivity contribution in [3.63, 3.8) is 0 Å². The maximum atomic E-state index is 11.8. The molecule has 19 heavy (non-hydrogen) atoms. The first-order valence-corrected chi connectivity index (χ1v) is 6.48. The zero-order valence-electron chi connectivity index (χ0n) is 10.6. The second-order valence-electron chi connectivity index (χ2n) is 4.77. The van der Waals surface area contributed by atoms with Gasteiger partial charge in [-0.1, -0.05) is 24.6 Å². The summed E-state index contributed by atoms with van der Waals surface area (Å²) in [5, 5.41) is 14.8. The second kappa shape index (κ2) is 6.22. The number of aliphatic carboxylic acids is 1. The Bertz CT molecular complexity index is 447. The Kier molecular flexibility index (Phi) is 4.39. The summed E-state index contributed by atoms with van der Waals surface area (Å²) in [5.74, 6) is -1.43. The van der Waals surface area contributed by atoms with E-state index >= 15 is 0 Å². The lowest BCUT2D eigenvalue weighted by Gasteiger charge is -2.17. The van der Waals surface area contributed by atoms with Gasteiger partial charge in [-0.3, -0.25) is 9.59 Å². The number of benzene rings is 1. The van der Waals surface area contributed by atoms with Crippen LogP contribution in [0.1, 0.15) is 19.3 Å². The average molecular weight is 262 g/mol. The SMILES string of the molecule is O=C(CNc1ccccc1)NC1CCCC1C(=O)O. The fourth-order valence-electron chi connectivity index (χ4n) is 2.42. The van der Waals surface area contributed by atoms with Gasteiger partial charge in [0.1, 0.15) is 0 Å². The van der Waals surface area contributed by atoms with Crippen LogP contribution in [0.4, 0.5) is 5.69 Å². The Morgan fingerprint density at radius 3 is 2.63 bits per heavy atom. The van der Waals surface area contributed by atoms with Gasteiger partial charge >= 0.3 is 5.97 Å². The molecule has 2 rings (SSSR count). The number of carboxylic acid groups (broad SMARTS) is 1. The number of hydrogen-bond donors (Lipinski definition) is 3. The van der Waals surface area contributed by atoms with Crippen molar-refractivity contribution in [2.75, 3.05) is 11.9 Å². The fourth-order valence-corrected chi connectivity index (χ4v) is 2.42. The first kappa shape index (κ1) is 13.4. The second-order valence-corrected chi connectivity index (χ2v) is 4.77. The highest BCUT2D eigenvalue weighted by Crippen LogP contribution is 2.25. The molecule has 1 aromatic rings. The van der Waals surface area contributed by atoms with Gasteiger partial charge in [0.2, 0.25) is 5.91 Å². The number of rotatable bonds is 5. The van der Waals surface area contributed by atoms with Crippen LogP contribution in [0.15, 0.2) is 30.3 Å². The van der Waals surface area contributed by atoms with Gasteiger partial charge in [0.05, 0.1) is 12.5 Å². The van der Waals surface area contributed by atoms with Crippen LogP contribution in [0.3, 0.4) is 0 Å². The quantitative estimate of drug-likeness (QED) is 0.751. The molecule has 3 N–H and O–H groups in total. The Balaban J connectivity index is 1.80. The van der Waals surface area contributed by atoms with Gasteiger partial charge in [-0.25, -0.2) is 0 Å². The molecule has 2 atom stereocenters. The summed E-state index contributed by atoms with van der Waals surface area (Å²) >= 11 is 0. The van der Waals surface area contributed by atoms with Crippen molar-refractivity contribution in [1.82, 2.24) is 5.32 Å². The van der Waals surface area contributed by atoms with Crippen molar-refractivity contribution in [3.05, 3.63) is 30.3 Å². The Morgan fingerprint density at radius 2 is 1.95 bits per heavy atom. The smallest absolute Gasteiger partial charge is 0.308 e.